The van der Waals surface area contributed by atoms with Gasteiger partial charge in [0.15, 0.2) is 5.58 Å². The highest BCUT2D eigenvalue weighted by molar-refractivity contribution is 5.95. The van der Waals surface area contributed by atoms with Gasteiger partial charge in [-0.3, -0.25) is 4.79 Å². The fraction of sp³-hybridized carbons (Fsp3) is 0.118. The van der Waals surface area contributed by atoms with Gasteiger partial charge in [0.25, 0.3) is 0 Å². The Morgan fingerprint density at radius 1 is 1.17 bits per heavy atom. The summed E-state index contributed by atoms with van der Waals surface area (Å²) in [5.74, 6) is 0.208. The molecule has 0 spiro atoms. The molecule has 23 heavy (non-hydrogen) atoms. The van der Waals surface area contributed by atoms with Gasteiger partial charge in [0.2, 0.25) is 6.41 Å². The minimum atomic E-state index is -0.423. The number of nitrogens with one attached hydrogen (secondary N) is 2. The van der Waals surface area contributed by atoms with E-state index in [-0.39, 0.29) is 12.4 Å². The molecule has 0 aliphatic rings. The van der Waals surface area contributed by atoms with Crippen molar-refractivity contribution in [3.05, 3.63) is 53.8 Å². The second-order valence-corrected chi connectivity index (χ2v) is 4.97. The summed E-state index contributed by atoms with van der Waals surface area (Å²) < 4.78 is 19.4. The molecule has 6 heteroatoms. The van der Waals surface area contributed by atoms with Crippen LogP contribution in [-0.4, -0.2) is 13.5 Å². The van der Waals surface area contributed by atoms with Gasteiger partial charge >= 0.3 is 0 Å². The number of furan rings is 1. The van der Waals surface area contributed by atoms with Crippen LogP contribution in [0.25, 0.3) is 22.3 Å². The Labute approximate surface area is 139 Å². The first-order valence-electron chi connectivity index (χ1n) is 6.88. The van der Waals surface area contributed by atoms with Crippen molar-refractivity contribution >= 4 is 35.5 Å². The quantitative estimate of drug-likeness (QED) is 0.695. The molecule has 1 heterocycles. The minimum absolute atomic E-state index is 0. The third kappa shape index (κ3) is 3.52. The fourth-order valence-electron chi connectivity index (χ4n) is 2.42. The maximum atomic E-state index is 13.6. The summed E-state index contributed by atoms with van der Waals surface area (Å²) in [6, 6.07) is 12.3. The predicted octanol–water partition coefficient (Wildman–Crippen LogP) is 3.95. The van der Waals surface area contributed by atoms with E-state index in [4.69, 9.17) is 4.42 Å². The van der Waals surface area contributed by atoms with E-state index >= 15 is 0 Å². The Morgan fingerprint density at radius 3 is 2.57 bits per heavy atom. The lowest BCUT2D eigenvalue weighted by molar-refractivity contribution is -0.105. The van der Waals surface area contributed by atoms with Gasteiger partial charge in [-0.25, -0.2) is 4.39 Å². The van der Waals surface area contributed by atoms with Crippen LogP contribution in [0.1, 0.15) is 5.56 Å². The number of benzene rings is 2. The smallest absolute Gasteiger partial charge is 0.211 e. The maximum Gasteiger partial charge on any atom is 0.211 e. The molecule has 0 unspecified atom stereocenters. The molecule has 3 aromatic rings. The molecule has 3 rings (SSSR count). The lowest BCUT2D eigenvalue weighted by Crippen LogP contribution is -2.04. The maximum absolute atomic E-state index is 13.6. The summed E-state index contributed by atoms with van der Waals surface area (Å²) in [6.07, 6.45) is 0.503. The van der Waals surface area contributed by atoms with E-state index in [2.05, 4.69) is 10.6 Å². The topological polar surface area (TPSA) is 54.3 Å². The first-order valence-corrected chi connectivity index (χ1v) is 6.88. The number of fused-ring (bicyclic) bond motifs is 1. The number of carbonyl (C=O) groups is 1. The van der Waals surface area contributed by atoms with Gasteiger partial charge in [0, 0.05) is 23.6 Å². The van der Waals surface area contributed by atoms with Gasteiger partial charge in [-0.05, 0) is 24.7 Å². The number of rotatable bonds is 5. The highest BCUT2D eigenvalue weighted by Crippen LogP contribution is 2.33. The Kier molecular flexibility index (Phi) is 5.36. The largest absolute Gasteiger partial charge is 0.454 e. The fourth-order valence-corrected chi connectivity index (χ4v) is 2.42. The van der Waals surface area contributed by atoms with Crippen LogP contribution in [0, 0.1) is 5.82 Å². The standard InChI is InChI=1S/C17H15FN2O2.ClH/c1-19-9-11-2-4-12(5-3-11)16-7-13-6-14(18)8-15(20-10-21)17(13)22-16;/h2-8,10,19H,9H2,1H3,(H,20,21);1H. The van der Waals surface area contributed by atoms with Gasteiger partial charge in [-0.1, -0.05) is 24.3 Å². The second-order valence-electron chi connectivity index (χ2n) is 4.97. The summed E-state index contributed by atoms with van der Waals surface area (Å²) in [4.78, 5) is 10.6. The van der Waals surface area contributed by atoms with Crippen molar-refractivity contribution < 1.29 is 13.6 Å². The van der Waals surface area contributed by atoms with E-state index in [1.165, 1.54) is 12.1 Å². The number of carbonyl (C=O) groups excluding carboxylic acids is 1. The second kappa shape index (κ2) is 7.26. The van der Waals surface area contributed by atoms with Crippen LogP contribution < -0.4 is 10.6 Å². The van der Waals surface area contributed by atoms with E-state index in [0.29, 0.717) is 28.8 Å². The molecule has 2 aromatic carbocycles. The van der Waals surface area contributed by atoms with Gasteiger partial charge in [-0.15, -0.1) is 12.4 Å². The van der Waals surface area contributed by atoms with Crippen molar-refractivity contribution in [1.29, 1.82) is 0 Å². The van der Waals surface area contributed by atoms with Crippen LogP contribution in [0.15, 0.2) is 46.9 Å². The average molecular weight is 335 g/mol. The summed E-state index contributed by atoms with van der Waals surface area (Å²) >= 11 is 0. The van der Waals surface area contributed by atoms with E-state index in [1.807, 2.05) is 31.3 Å². The summed E-state index contributed by atoms with van der Waals surface area (Å²) in [7, 11) is 1.89. The number of amides is 1. The first-order chi connectivity index (χ1) is 10.7. The van der Waals surface area contributed by atoms with Crippen molar-refractivity contribution in [2.45, 2.75) is 6.54 Å². The lowest BCUT2D eigenvalue weighted by atomic mass is 10.1. The molecule has 0 radical (unpaired) electrons. The van der Waals surface area contributed by atoms with Crippen molar-refractivity contribution in [2.24, 2.45) is 0 Å². The van der Waals surface area contributed by atoms with Crippen LogP contribution in [0.5, 0.6) is 0 Å². The highest BCUT2D eigenvalue weighted by atomic mass is 35.5. The van der Waals surface area contributed by atoms with Crippen molar-refractivity contribution in [3.63, 3.8) is 0 Å². The zero-order valence-corrected chi connectivity index (χ0v) is 13.2. The molecular formula is C17H16ClFN2O2. The molecule has 1 aromatic heterocycles. The van der Waals surface area contributed by atoms with E-state index in [9.17, 15) is 9.18 Å². The minimum Gasteiger partial charge on any atom is -0.454 e. The normalized spacial score (nSPS) is 10.3. The molecule has 0 aliphatic carbocycles. The molecule has 0 atom stereocenters. The predicted molar refractivity (Wildman–Crippen MR) is 91.3 cm³/mol. The van der Waals surface area contributed by atoms with Crippen molar-refractivity contribution in [2.75, 3.05) is 12.4 Å². The number of anilines is 1. The molecule has 0 saturated heterocycles. The van der Waals surface area contributed by atoms with Crippen molar-refractivity contribution in [1.82, 2.24) is 5.32 Å². The van der Waals surface area contributed by atoms with E-state index < -0.39 is 5.82 Å². The van der Waals surface area contributed by atoms with E-state index in [0.717, 1.165) is 17.7 Å². The Bertz CT molecular complexity index is 815. The zero-order chi connectivity index (χ0) is 15.5. The van der Waals surface area contributed by atoms with E-state index in [1.54, 1.807) is 6.07 Å². The number of hydrogen-bond donors (Lipinski definition) is 2. The SMILES string of the molecule is CNCc1ccc(-c2cc3cc(F)cc(NC=O)c3o2)cc1.Cl. The van der Waals surface area contributed by atoms with Crippen LogP contribution in [0.4, 0.5) is 10.1 Å². The van der Waals surface area contributed by atoms with Crippen LogP contribution in [-0.2, 0) is 11.3 Å². The molecule has 1 amide bonds. The Hall–Kier alpha value is -2.37. The number of halogens is 2. The molecular weight excluding hydrogens is 319 g/mol. The van der Waals surface area contributed by atoms with Crippen molar-refractivity contribution in [3.8, 4) is 11.3 Å². The molecule has 120 valence electrons. The monoisotopic (exact) mass is 334 g/mol. The molecule has 2 N–H and O–H groups in total. The van der Waals surface area contributed by atoms with Crippen LogP contribution in [0.3, 0.4) is 0 Å². The third-order valence-electron chi connectivity index (χ3n) is 3.41. The average Bonchev–Trinajstić information content (AvgIpc) is 2.92. The highest BCUT2D eigenvalue weighted by Gasteiger charge is 2.12. The van der Waals surface area contributed by atoms with Gasteiger partial charge < -0.3 is 15.1 Å². The summed E-state index contributed by atoms with van der Waals surface area (Å²) in [5, 5.41) is 6.16. The van der Waals surface area contributed by atoms with Gasteiger partial charge in [-0.2, -0.15) is 0 Å². The molecule has 4 nitrogen and oxygen atoms in total. The Balaban J connectivity index is 0.00000192. The first kappa shape index (κ1) is 17.0. The third-order valence-corrected chi connectivity index (χ3v) is 3.41. The lowest BCUT2D eigenvalue weighted by Gasteiger charge is -2.02. The molecule has 0 bridgehead atoms. The van der Waals surface area contributed by atoms with Gasteiger partial charge in [0.1, 0.15) is 11.6 Å². The van der Waals surface area contributed by atoms with Gasteiger partial charge in [0.05, 0.1) is 5.69 Å². The molecule has 0 aliphatic heterocycles. The molecule has 0 fully saturated rings. The summed E-state index contributed by atoms with van der Waals surface area (Å²) in [6.45, 7) is 0.791. The number of hydrogen-bond acceptors (Lipinski definition) is 3. The molecule has 0 saturated carbocycles. The Morgan fingerprint density at radius 2 is 1.91 bits per heavy atom. The van der Waals surface area contributed by atoms with Crippen LogP contribution >= 0.6 is 12.4 Å². The zero-order valence-electron chi connectivity index (χ0n) is 12.4. The van der Waals surface area contributed by atoms with Crippen LogP contribution in [0.2, 0.25) is 0 Å². The summed E-state index contributed by atoms with van der Waals surface area (Å²) in [5.41, 5.74) is 2.84.